The summed E-state index contributed by atoms with van der Waals surface area (Å²) < 4.78 is 5.32. The highest BCUT2D eigenvalue weighted by molar-refractivity contribution is 5.82. The number of carbonyl (C=O) groups excluding carboxylic acids is 1. The van der Waals surface area contributed by atoms with Gasteiger partial charge in [0.05, 0.1) is 25.0 Å². The number of carbonyl (C=O) groups is 2. The number of hydrogen-bond acceptors (Lipinski definition) is 4. The second-order valence-corrected chi connectivity index (χ2v) is 5.20. The Morgan fingerprint density at radius 2 is 2.00 bits per heavy atom. The van der Waals surface area contributed by atoms with E-state index in [0.717, 1.165) is 0 Å². The lowest BCUT2D eigenvalue weighted by atomic mass is 9.99. The van der Waals surface area contributed by atoms with Gasteiger partial charge in [-0.25, -0.2) is 0 Å². The maximum Gasteiger partial charge on any atom is 0.308 e. The third kappa shape index (κ3) is 2.35. The van der Waals surface area contributed by atoms with Crippen LogP contribution in [0.15, 0.2) is 0 Å². The Labute approximate surface area is 106 Å². The fourth-order valence-corrected chi connectivity index (χ4v) is 2.78. The number of nitrogens with one attached hydrogen (secondary N) is 1. The average molecular weight is 256 g/mol. The zero-order chi connectivity index (χ0) is 13.3. The lowest BCUT2D eigenvalue weighted by Gasteiger charge is -2.23. The maximum atomic E-state index is 12.3. The van der Waals surface area contributed by atoms with Crippen molar-refractivity contribution in [3.63, 3.8) is 0 Å². The minimum atomic E-state index is -0.814. The molecular formula is C12H20N2O4. The first-order valence-electron chi connectivity index (χ1n) is 6.31. The molecule has 2 aliphatic rings. The first-order valence-corrected chi connectivity index (χ1v) is 6.31. The van der Waals surface area contributed by atoms with Crippen LogP contribution in [0.3, 0.4) is 0 Å². The number of amides is 1. The second-order valence-electron chi connectivity index (χ2n) is 5.20. The van der Waals surface area contributed by atoms with E-state index in [-0.39, 0.29) is 23.8 Å². The lowest BCUT2D eigenvalue weighted by Crippen LogP contribution is -2.44. The summed E-state index contributed by atoms with van der Waals surface area (Å²) in [7, 11) is 1.81. The van der Waals surface area contributed by atoms with E-state index in [1.54, 1.807) is 4.90 Å². The zero-order valence-corrected chi connectivity index (χ0v) is 10.8. The summed E-state index contributed by atoms with van der Waals surface area (Å²) in [6.07, 6.45) is 0. The highest BCUT2D eigenvalue weighted by Gasteiger charge is 2.42. The number of likely N-dealkylation sites (tertiary alicyclic amines) is 1. The maximum absolute atomic E-state index is 12.3. The molecule has 0 aromatic heterocycles. The van der Waals surface area contributed by atoms with Gasteiger partial charge in [0, 0.05) is 19.1 Å². The molecule has 2 saturated heterocycles. The first kappa shape index (κ1) is 13.3. The molecule has 0 saturated carbocycles. The third-order valence-corrected chi connectivity index (χ3v) is 4.01. The lowest BCUT2D eigenvalue weighted by molar-refractivity contribution is -0.142. The van der Waals surface area contributed by atoms with Crippen molar-refractivity contribution in [1.29, 1.82) is 0 Å². The van der Waals surface area contributed by atoms with Gasteiger partial charge < -0.3 is 20.1 Å². The summed E-state index contributed by atoms with van der Waals surface area (Å²) in [5.74, 6) is -1.41. The van der Waals surface area contributed by atoms with Gasteiger partial charge in [0.1, 0.15) is 0 Å². The summed E-state index contributed by atoms with van der Waals surface area (Å²) in [5, 5.41) is 12.1. The van der Waals surface area contributed by atoms with Gasteiger partial charge in [-0.1, -0.05) is 6.92 Å². The van der Waals surface area contributed by atoms with E-state index in [1.807, 2.05) is 14.0 Å². The summed E-state index contributed by atoms with van der Waals surface area (Å²) >= 11 is 0. The van der Waals surface area contributed by atoms with Crippen LogP contribution in [0.1, 0.15) is 6.92 Å². The monoisotopic (exact) mass is 256 g/mol. The SMILES string of the molecule is CNC1COCC1C(=O)N1CC(C)C(C(=O)O)C1. The minimum Gasteiger partial charge on any atom is -0.481 e. The summed E-state index contributed by atoms with van der Waals surface area (Å²) in [6, 6.07) is 0.0386. The number of rotatable bonds is 3. The van der Waals surface area contributed by atoms with Crippen molar-refractivity contribution in [2.24, 2.45) is 17.8 Å². The smallest absolute Gasteiger partial charge is 0.308 e. The first-order chi connectivity index (χ1) is 8.54. The van der Waals surface area contributed by atoms with Crippen LogP contribution in [-0.4, -0.2) is 61.3 Å². The molecule has 0 bridgehead atoms. The van der Waals surface area contributed by atoms with Crippen LogP contribution in [0.4, 0.5) is 0 Å². The third-order valence-electron chi connectivity index (χ3n) is 4.01. The molecule has 0 aromatic rings. The van der Waals surface area contributed by atoms with E-state index < -0.39 is 11.9 Å². The van der Waals surface area contributed by atoms with Crippen LogP contribution < -0.4 is 5.32 Å². The Hall–Kier alpha value is -1.14. The van der Waals surface area contributed by atoms with E-state index in [4.69, 9.17) is 9.84 Å². The Morgan fingerprint density at radius 3 is 2.56 bits per heavy atom. The largest absolute Gasteiger partial charge is 0.481 e. The van der Waals surface area contributed by atoms with Crippen molar-refractivity contribution in [3.05, 3.63) is 0 Å². The van der Waals surface area contributed by atoms with Gasteiger partial charge in [0.25, 0.3) is 0 Å². The molecule has 0 radical (unpaired) electrons. The second kappa shape index (κ2) is 5.24. The Bertz CT molecular complexity index is 347. The predicted molar refractivity (Wildman–Crippen MR) is 64.0 cm³/mol. The number of likely N-dealkylation sites (N-methyl/N-ethyl adjacent to an activating group) is 1. The fraction of sp³-hybridized carbons (Fsp3) is 0.833. The number of carboxylic acids is 1. The van der Waals surface area contributed by atoms with Crippen molar-refractivity contribution >= 4 is 11.9 Å². The molecule has 2 heterocycles. The topological polar surface area (TPSA) is 78.9 Å². The van der Waals surface area contributed by atoms with Crippen LogP contribution in [0, 0.1) is 17.8 Å². The molecule has 2 N–H and O–H groups in total. The van der Waals surface area contributed by atoms with Crippen LogP contribution in [0.25, 0.3) is 0 Å². The molecule has 0 spiro atoms. The molecule has 6 heteroatoms. The Kier molecular flexibility index (Phi) is 3.87. The van der Waals surface area contributed by atoms with Gasteiger partial charge in [-0.2, -0.15) is 0 Å². The Balaban J connectivity index is 2.00. The normalized spacial score (nSPS) is 36.0. The van der Waals surface area contributed by atoms with Crippen LogP contribution in [0.5, 0.6) is 0 Å². The van der Waals surface area contributed by atoms with E-state index in [1.165, 1.54) is 0 Å². The van der Waals surface area contributed by atoms with Crippen LogP contribution >= 0.6 is 0 Å². The molecule has 0 aromatic carbocycles. The van der Waals surface area contributed by atoms with E-state index >= 15 is 0 Å². The van der Waals surface area contributed by atoms with Gasteiger partial charge in [-0.15, -0.1) is 0 Å². The van der Waals surface area contributed by atoms with Crippen molar-refractivity contribution in [2.45, 2.75) is 13.0 Å². The quantitative estimate of drug-likeness (QED) is 0.705. The predicted octanol–water partition coefficient (Wildman–Crippen LogP) is -0.600. The number of hydrogen-bond donors (Lipinski definition) is 2. The van der Waals surface area contributed by atoms with E-state index in [2.05, 4.69) is 5.32 Å². The summed E-state index contributed by atoms with van der Waals surface area (Å²) in [6.45, 7) is 3.70. The van der Waals surface area contributed by atoms with Gasteiger partial charge in [-0.3, -0.25) is 9.59 Å². The number of ether oxygens (including phenoxy) is 1. The minimum absolute atomic E-state index is 0.0156. The number of nitrogens with zero attached hydrogens (tertiary/aromatic N) is 1. The molecule has 4 unspecified atom stereocenters. The molecule has 2 rings (SSSR count). The van der Waals surface area contributed by atoms with Crippen LogP contribution in [0.2, 0.25) is 0 Å². The highest BCUT2D eigenvalue weighted by atomic mass is 16.5. The van der Waals surface area contributed by atoms with Gasteiger partial charge >= 0.3 is 5.97 Å². The molecule has 6 nitrogen and oxygen atoms in total. The van der Waals surface area contributed by atoms with Gasteiger partial charge in [0.2, 0.25) is 5.91 Å². The Morgan fingerprint density at radius 1 is 1.28 bits per heavy atom. The molecule has 4 atom stereocenters. The molecule has 0 aliphatic carbocycles. The molecule has 18 heavy (non-hydrogen) atoms. The molecule has 1 amide bonds. The van der Waals surface area contributed by atoms with E-state index in [0.29, 0.717) is 26.3 Å². The molecule has 102 valence electrons. The van der Waals surface area contributed by atoms with Crippen molar-refractivity contribution in [2.75, 3.05) is 33.4 Å². The summed E-state index contributed by atoms with van der Waals surface area (Å²) in [4.78, 5) is 25.1. The fourth-order valence-electron chi connectivity index (χ4n) is 2.78. The van der Waals surface area contributed by atoms with E-state index in [9.17, 15) is 9.59 Å². The zero-order valence-electron chi connectivity index (χ0n) is 10.8. The van der Waals surface area contributed by atoms with Crippen LogP contribution in [-0.2, 0) is 14.3 Å². The van der Waals surface area contributed by atoms with Crippen molar-refractivity contribution in [1.82, 2.24) is 10.2 Å². The standard InChI is InChI=1S/C12H20N2O4/c1-7-3-14(4-8(7)12(16)17)11(15)9-5-18-6-10(9)13-2/h7-10,13H,3-6H2,1-2H3,(H,16,17). The highest BCUT2D eigenvalue weighted by Crippen LogP contribution is 2.26. The van der Waals surface area contributed by atoms with Gasteiger partial charge in [0.15, 0.2) is 0 Å². The number of aliphatic carboxylic acids is 1. The van der Waals surface area contributed by atoms with Crippen molar-refractivity contribution < 1.29 is 19.4 Å². The van der Waals surface area contributed by atoms with Gasteiger partial charge in [-0.05, 0) is 13.0 Å². The summed E-state index contributed by atoms with van der Waals surface area (Å²) in [5.41, 5.74) is 0. The van der Waals surface area contributed by atoms with Crippen molar-refractivity contribution in [3.8, 4) is 0 Å². The number of carboxylic acid groups (broad SMARTS) is 1. The molecule has 2 aliphatic heterocycles. The molecule has 2 fully saturated rings. The average Bonchev–Trinajstić information content (AvgIpc) is 2.93. The molecular weight excluding hydrogens is 236 g/mol.